The monoisotopic (exact) mass is 163 g/mol. The van der Waals surface area contributed by atoms with Crippen LogP contribution in [-0.4, -0.2) is 13.1 Å². The molecular formula is C10H22LiN. The predicted octanol–water partition coefficient (Wildman–Crippen LogP) is -0.173. The van der Waals surface area contributed by atoms with E-state index in [1.54, 1.807) is 0 Å². The van der Waals surface area contributed by atoms with Crippen LogP contribution in [0.25, 0.3) is 0 Å². The van der Waals surface area contributed by atoms with Crippen LogP contribution in [0.3, 0.4) is 0 Å². The summed E-state index contributed by atoms with van der Waals surface area (Å²) in [6.07, 6.45) is 11.5. The maximum Gasteiger partial charge on any atom is 1.00 e. The van der Waals surface area contributed by atoms with Crippen molar-refractivity contribution in [3.05, 3.63) is 0 Å². The van der Waals surface area contributed by atoms with Gasteiger partial charge in [-0.3, -0.25) is 0 Å². The largest absolute Gasteiger partial charge is 1.00 e. The van der Waals surface area contributed by atoms with E-state index in [-0.39, 0.29) is 20.3 Å². The molecule has 0 bridgehead atoms. The second-order valence-electron chi connectivity index (χ2n) is 3.58. The minimum Gasteiger partial charge on any atom is -1.00 e. The molecule has 1 aliphatic heterocycles. The van der Waals surface area contributed by atoms with Gasteiger partial charge < -0.3 is 6.74 Å². The van der Waals surface area contributed by atoms with Gasteiger partial charge in [0.1, 0.15) is 0 Å². The van der Waals surface area contributed by atoms with Crippen molar-refractivity contribution < 1.29 is 20.3 Å². The Labute approximate surface area is 90.4 Å². The fourth-order valence-corrected chi connectivity index (χ4v) is 1.69. The Balaban J connectivity index is 0. The SMILES string of the molecule is C1CCCCCNCCCC1.[H-].[Li+]. The van der Waals surface area contributed by atoms with Crippen LogP contribution in [0.5, 0.6) is 0 Å². The number of rotatable bonds is 0. The zero-order valence-corrected chi connectivity index (χ0v) is 8.57. The fourth-order valence-electron chi connectivity index (χ4n) is 1.69. The Morgan fingerprint density at radius 3 is 1.33 bits per heavy atom. The molecule has 1 N–H and O–H groups in total. The van der Waals surface area contributed by atoms with Crippen molar-refractivity contribution in [1.29, 1.82) is 0 Å². The summed E-state index contributed by atoms with van der Waals surface area (Å²) in [6.45, 7) is 2.50. The molecule has 1 nitrogen and oxygen atoms in total. The molecule has 0 aromatic rings. The van der Waals surface area contributed by atoms with Crippen molar-refractivity contribution in [2.75, 3.05) is 13.1 Å². The van der Waals surface area contributed by atoms with Gasteiger partial charge >= 0.3 is 18.9 Å². The normalized spacial score (nSPS) is 22.0. The van der Waals surface area contributed by atoms with Gasteiger partial charge in [-0.1, -0.05) is 38.5 Å². The van der Waals surface area contributed by atoms with Gasteiger partial charge in [-0.15, -0.1) is 0 Å². The average molecular weight is 163 g/mol. The van der Waals surface area contributed by atoms with Crippen molar-refractivity contribution >= 4 is 0 Å². The molecule has 1 saturated heterocycles. The fraction of sp³-hybridized carbons (Fsp3) is 1.00. The Kier molecular flexibility index (Phi) is 10.1. The van der Waals surface area contributed by atoms with Crippen molar-refractivity contribution in [2.24, 2.45) is 0 Å². The maximum atomic E-state index is 3.48. The topological polar surface area (TPSA) is 12.0 Å². The summed E-state index contributed by atoms with van der Waals surface area (Å²) in [6, 6.07) is 0. The average Bonchev–Trinajstić information content (AvgIpc) is 2.08. The molecule has 0 spiro atoms. The molecule has 0 saturated carbocycles. The van der Waals surface area contributed by atoms with E-state index in [1.165, 1.54) is 64.5 Å². The summed E-state index contributed by atoms with van der Waals surface area (Å²) in [7, 11) is 0. The third-order valence-corrected chi connectivity index (χ3v) is 2.46. The molecule has 0 aromatic carbocycles. The third-order valence-electron chi connectivity index (χ3n) is 2.46. The van der Waals surface area contributed by atoms with E-state index >= 15 is 0 Å². The van der Waals surface area contributed by atoms with Crippen LogP contribution in [0.1, 0.15) is 52.8 Å². The molecular weight excluding hydrogens is 141 g/mol. The van der Waals surface area contributed by atoms with E-state index in [1.807, 2.05) is 0 Å². The van der Waals surface area contributed by atoms with Gasteiger partial charge in [0.05, 0.1) is 0 Å². The second-order valence-corrected chi connectivity index (χ2v) is 3.58. The van der Waals surface area contributed by atoms with Crippen molar-refractivity contribution in [1.82, 2.24) is 5.32 Å². The van der Waals surface area contributed by atoms with Gasteiger partial charge in [0.15, 0.2) is 0 Å². The van der Waals surface area contributed by atoms with Gasteiger partial charge in [-0.25, -0.2) is 0 Å². The van der Waals surface area contributed by atoms with Gasteiger partial charge in [-0.2, -0.15) is 0 Å². The van der Waals surface area contributed by atoms with Crippen LogP contribution in [0.4, 0.5) is 0 Å². The molecule has 0 aromatic heterocycles. The van der Waals surface area contributed by atoms with Crippen LogP contribution in [-0.2, 0) is 0 Å². The van der Waals surface area contributed by atoms with Crippen LogP contribution in [0.15, 0.2) is 0 Å². The summed E-state index contributed by atoms with van der Waals surface area (Å²) in [5.41, 5.74) is 0. The van der Waals surface area contributed by atoms with Crippen LogP contribution in [0, 0.1) is 0 Å². The second kappa shape index (κ2) is 9.64. The zero-order valence-electron chi connectivity index (χ0n) is 9.57. The molecule has 12 heavy (non-hydrogen) atoms. The first-order valence-electron chi connectivity index (χ1n) is 5.21. The van der Waals surface area contributed by atoms with Gasteiger partial charge in [0, 0.05) is 0 Å². The number of hydrogen-bond donors (Lipinski definition) is 1. The Bertz CT molecular complexity index is 52.9. The molecule has 0 radical (unpaired) electrons. The Hall–Kier alpha value is 0.557. The molecule has 0 atom stereocenters. The molecule has 68 valence electrons. The summed E-state index contributed by atoms with van der Waals surface area (Å²) in [5, 5.41) is 3.48. The third kappa shape index (κ3) is 7.22. The molecule has 1 rings (SSSR count). The summed E-state index contributed by atoms with van der Waals surface area (Å²) >= 11 is 0. The van der Waals surface area contributed by atoms with E-state index in [0.29, 0.717) is 0 Å². The van der Waals surface area contributed by atoms with E-state index in [2.05, 4.69) is 5.32 Å². The first-order valence-corrected chi connectivity index (χ1v) is 5.21. The zero-order chi connectivity index (χ0) is 7.78. The minimum atomic E-state index is 0. The molecule has 1 heterocycles. The van der Waals surface area contributed by atoms with Gasteiger partial charge in [-0.05, 0) is 25.9 Å². The Morgan fingerprint density at radius 1 is 0.583 bits per heavy atom. The van der Waals surface area contributed by atoms with Crippen LogP contribution in [0.2, 0.25) is 0 Å². The summed E-state index contributed by atoms with van der Waals surface area (Å²) < 4.78 is 0. The molecule has 1 fully saturated rings. The molecule has 0 aliphatic carbocycles. The van der Waals surface area contributed by atoms with Crippen LogP contribution < -0.4 is 24.2 Å². The molecule has 2 heteroatoms. The first kappa shape index (κ1) is 12.6. The quantitative estimate of drug-likeness (QED) is 0.489. The first-order chi connectivity index (χ1) is 5.50. The smallest absolute Gasteiger partial charge is 1.00 e. The number of nitrogens with one attached hydrogen (secondary N) is 1. The number of hydrogen-bond acceptors (Lipinski definition) is 1. The van der Waals surface area contributed by atoms with E-state index in [4.69, 9.17) is 0 Å². The van der Waals surface area contributed by atoms with Crippen molar-refractivity contribution in [3.8, 4) is 0 Å². The van der Waals surface area contributed by atoms with Crippen molar-refractivity contribution in [3.63, 3.8) is 0 Å². The van der Waals surface area contributed by atoms with Crippen LogP contribution >= 0.6 is 0 Å². The summed E-state index contributed by atoms with van der Waals surface area (Å²) in [4.78, 5) is 0. The molecule has 0 amide bonds. The minimum absolute atomic E-state index is 0. The van der Waals surface area contributed by atoms with E-state index in [0.717, 1.165) is 0 Å². The van der Waals surface area contributed by atoms with Crippen molar-refractivity contribution in [2.45, 2.75) is 51.4 Å². The summed E-state index contributed by atoms with van der Waals surface area (Å²) in [5.74, 6) is 0. The standard InChI is InChI=1S/C10H21N.Li.H/c1-2-4-6-8-10-11-9-7-5-3-1;;/h11H,1-10H2;;/q;+1;-1. The molecule has 0 unspecified atom stereocenters. The van der Waals surface area contributed by atoms with E-state index < -0.39 is 0 Å². The van der Waals surface area contributed by atoms with Gasteiger partial charge in [0.25, 0.3) is 0 Å². The van der Waals surface area contributed by atoms with Gasteiger partial charge in [0.2, 0.25) is 0 Å². The van der Waals surface area contributed by atoms with E-state index in [9.17, 15) is 0 Å². The predicted molar refractivity (Wildman–Crippen MR) is 50.9 cm³/mol. The molecule has 1 aliphatic rings. The Morgan fingerprint density at radius 2 is 0.917 bits per heavy atom. The maximum absolute atomic E-state index is 3.48.